The van der Waals surface area contributed by atoms with E-state index >= 15 is 0 Å². The van der Waals surface area contributed by atoms with Crippen LogP contribution >= 0.6 is 0 Å². The molecule has 28 heavy (non-hydrogen) atoms. The van der Waals surface area contributed by atoms with Gasteiger partial charge in [0.25, 0.3) is 0 Å². The summed E-state index contributed by atoms with van der Waals surface area (Å²) in [6.45, 7) is 1.66. The zero-order valence-corrected chi connectivity index (χ0v) is 15.6. The molecule has 0 aliphatic heterocycles. The largest absolute Gasteiger partial charge is 0.508 e. The zero-order valence-electron chi connectivity index (χ0n) is 15.6. The van der Waals surface area contributed by atoms with Gasteiger partial charge in [-0.2, -0.15) is 5.48 Å². The van der Waals surface area contributed by atoms with Crippen LogP contribution in [0.25, 0.3) is 0 Å². The van der Waals surface area contributed by atoms with Gasteiger partial charge in [-0.3, -0.25) is 14.4 Å². The highest BCUT2D eigenvalue weighted by Crippen LogP contribution is 2.13. The number of aliphatic carboxylic acids is 2. The second kappa shape index (κ2) is 11.9. The summed E-state index contributed by atoms with van der Waals surface area (Å²) in [6.07, 6.45) is 0.989. The van der Waals surface area contributed by atoms with Crippen molar-refractivity contribution in [2.24, 2.45) is 11.7 Å². The molecule has 0 bridgehead atoms. The molecule has 1 aromatic carbocycles. The molecule has 1 unspecified atom stereocenters. The molecule has 0 aliphatic carbocycles. The van der Waals surface area contributed by atoms with Crippen molar-refractivity contribution in [3.8, 4) is 5.75 Å². The molecule has 10 heteroatoms. The van der Waals surface area contributed by atoms with Crippen LogP contribution in [0.3, 0.4) is 0 Å². The first-order valence-electron chi connectivity index (χ1n) is 8.81. The molecule has 0 aromatic heterocycles. The van der Waals surface area contributed by atoms with E-state index in [-0.39, 0.29) is 24.7 Å². The van der Waals surface area contributed by atoms with E-state index in [9.17, 15) is 24.6 Å². The van der Waals surface area contributed by atoms with Gasteiger partial charge in [0.1, 0.15) is 17.8 Å². The maximum Gasteiger partial charge on any atom is 0.323 e. The first kappa shape index (κ1) is 23.3. The molecule has 0 fully saturated rings. The molecule has 0 radical (unpaired) electrons. The van der Waals surface area contributed by atoms with Crippen LogP contribution in [0.2, 0.25) is 0 Å². The number of aromatic hydroxyl groups is 1. The van der Waals surface area contributed by atoms with E-state index in [1.807, 2.05) is 0 Å². The lowest BCUT2D eigenvalue weighted by Crippen LogP contribution is -2.44. The Labute approximate surface area is 162 Å². The summed E-state index contributed by atoms with van der Waals surface area (Å²) in [6, 6.07) is 3.85. The van der Waals surface area contributed by atoms with Gasteiger partial charge in [0.2, 0.25) is 5.91 Å². The molecule has 0 saturated carbocycles. The second-order valence-corrected chi connectivity index (χ2v) is 6.44. The summed E-state index contributed by atoms with van der Waals surface area (Å²) in [7, 11) is 0. The van der Waals surface area contributed by atoms with E-state index in [0.717, 1.165) is 0 Å². The number of carbonyl (C=O) groups is 3. The third kappa shape index (κ3) is 8.80. The lowest BCUT2D eigenvalue weighted by atomic mass is 9.96. The number of rotatable bonds is 13. The van der Waals surface area contributed by atoms with Gasteiger partial charge >= 0.3 is 11.9 Å². The first-order valence-corrected chi connectivity index (χ1v) is 8.81. The molecule has 1 amide bonds. The lowest BCUT2D eigenvalue weighted by molar-refractivity contribution is -0.147. The van der Waals surface area contributed by atoms with E-state index in [4.69, 9.17) is 15.7 Å². The minimum atomic E-state index is -1.19. The van der Waals surface area contributed by atoms with Crippen LogP contribution in [0.4, 0.5) is 0 Å². The van der Waals surface area contributed by atoms with Crippen molar-refractivity contribution in [2.45, 2.75) is 38.3 Å². The Balaban J connectivity index is 2.57. The first-order chi connectivity index (χ1) is 13.2. The van der Waals surface area contributed by atoms with Crippen molar-refractivity contribution in [3.63, 3.8) is 0 Å². The van der Waals surface area contributed by atoms with Crippen molar-refractivity contribution in [3.05, 3.63) is 29.8 Å². The van der Waals surface area contributed by atoms with Gasteiger partial charge in [-0.25, -0.2) is 0 Å². The van der Waals surface area contributed by atoms with Crippen LogP contribution in [-0.2, 0) is 25.6 Å². The molecular formula is C18H27N3O7. The van der Waals surface area contributed by atoms with E-state index in [0.29, 0.717) is 24.9 Å². The number of benzene rings is 1. The van der Waals surface area contributed by atoms with Crippen molar-refractivity contribution in [2.75, 3.05) is 13.2 Å². The molecule has 3 atom stereocenters. The third-order valence-corrected chi connectivity index (χ3v) is 4.12. The molecular weight excluding hydrogens is 370 g/mol. The van der Waals surface area contributed by atoms with Gasteiger partial charge < -0.3 is 31.2 Å². The third-order valence-electron chi connectivity index (χ3n) is 4.12. The molecule has 0 spiro atoms. The van der Waals surface area contributed by atoms with Crippen LogP contribution < -0.4 is 16.5 Å². The number of hydrogen-bond acceptors (Lipinski definition) is 7. The predicted octanol–water partition coefficient (Wildman–Crippen LogP) is -0.146. The standard InChI is InChI=1S/C18H27N3O7/c1-11(22)20-8-2-3-13(16(19)18(26)27)10-28-21-15(17(24)25)9-12-4-6-14(23)7-5-12/h4-7,13,15-16,21,23H,2-3,8-10,19H2,1H3,(H,20,22)(H,24,25)(H,26,27)/t13?,15-,16-/m0/s1. The Bertz CT molecular complexity index is 651. The van der Waals surface area contributed by atoms with Gasteiger partial charge in [0.15, 0.2) is 0 Å². The molecule has 0 aliphatic rings. The van der Waals surface area contributed by atoms with E-state index in [2.05, 4.69) is 10.8 Å². The van der Waals surface area contributed by atoms with Gasteiger partial charge in [0.05, 0.1) is 6.61 Å². The maximum atomic E-state index is 11.4. The lowest BCUT2D eigenvalue weighted by Gasteiger charge is -2.22. The fraction of sp³-hybridized carbons (Fsp3) is 0.500. The number of hydroxylamine groups is 1. The minimum Gasteiger partial charge on any atom is -0.508 e. The maximum absolute atomic E-state index is 11.4. The summed E-state index contributed by atoms with van der Waals surface area (Å²) in [5.41, 5.74) is 8.79. The summed E-state index contributed by atoms with van der Waals surface area (Å²) in [5, 5.41) is 30.3. The van der Waals surface area contributed by atoms with Gasteiger partial charge in [-0.1, -0.05) is 12.1 Å². The van der Waals surface area contributed by atoms with Crippen LogP contribution in [0.15, 0.2) is 24.3 Å². The summed E-state index contributed by atoms with van der Waals surface area (Å²) in [5.74, 6) is -3.01. The Morgan fingerprint density at radius 1 is 1.14 bits per heavy atom. The number of nitrogens with two attached hydrogens (primary N) is 1. The normalized spacial score (nSPS) is 14.1. The highest BCUT2D eigenvalue weighted by molar-refractivity contribution is 5.74. The van der Waals surface area contributed by atoms with E-state index in [1.54, 1.807) is 12.1 Å². The van der Waals surface area contributed by atoms with Gasteiger partial charge in [-0.15, -0.1) is 0 Å². The molecule has 10 nitrogen and oxygen atoms in total. The average molecular weight is 397 g/mol. The number of carboxylic acids is 2. The number of phenolic OH excluding ortho intramolecular Hbond substituents is 1. The minimum absolute atomic E-state index is 0.0737. The number of phenols is 1. The Kier molecular flexibility index (Phi) is 9.93. The Morgan fingerprint density at radius 3 is 2.32 bits per heavy atom. The monoisotopic (exact) mass is 397 g/mol. The Hall–Kier alpha value is -2.69. The fourth-order valence-corrected chi connectivity index (χ4v) is 2.50. The molecule has 156 valence electrons. The number of hydrogen-bond donors (Lipinski definition) is 6. The smallest absolute Gasteiger partial charge is 0.323 e. The molecule has 0 saturated heterocycles. The van der Waals surface area contributed by atoms with Crippen LogP contribution in [0.5, 0.6) is 5.75 Å². The zero-order chi connectivity index (χ0) is 21.1. The highest BCUT2D eigenvalue weighted by Gasteiger charge is 2.25. The van der Waals surface area contributed by atoms with Gasteiger partial charge in [-0.05, 0) is 30.5 Å². The van der Waals surface area contributed by atoms with Crippen LogP contribution in [0, 0.1) is 5.92 Å². The Morgan fingerprint density at radius 2 is 1.79 bits per heavy atom. The van der Waals surface area contributed by atoms with Crippen LogP contribution in [-0.4, -0.2) is 58.4 Å². The quantitative estimate of drug-likeness (QED) is 0.196. The van der Waals surface area contributed by atoms with E-state index < -0.39 is 29.9 Å². The summed E-state index contributed by atoms with van der Waals surface area (Å²) >= 11 is 0. The highest BCUT2D eigenvalue weighted by atomic mass is 16.6. The number of amides is 1. The topological polar surface area (TPSA) is 171 Å². The fourth-order valence-electron chi connectivity index (χ4n) is 2.50. The van der Waals surface area contributed by atoms with Crippen molar-refractivity contribution >= 4 is 17.8 Å². The summed E-state index contributed by atoms with van der Waals surface area (Å²) in [4.78, 5) is 38.7. The number of carbonyl (C=O) groups excluding carboxylic acids is 1. The number of carboxylic acid groups (broad SMARTS) is 2. The SMILES string of the molecule is CC(=O)NCCCC(CON[C@@H](Cc1ccc(O)cc1)C(=O)O)[C@H](N)C(=O)O. The van der Waals surface area contributed by atoms with Crippen molar-refractivity contribution in [1.82, 2.24) is 10.8 Å². The molecule has 1 rings (SSSR count). The molecule has 0 heterocycles. The second-order valence-electron chi connectivity index (χ2n) is 6.44. The van der Waals surface area contributed by atoms with Gasteiger partial charge in [0, 0.05) is 25.8 Å². The average Bonchev–Trinajstić information content (AvgIpc) is 2.63. The summed E-state index contributed by atoms with van der Waals surface area (Å²) < 4.78 is 0. The van der Waals surface area contributed by atoms with Crippen molar-refractivity contribution in [1.29, 1.82) is 0 Å². The number of nitrogens with one attached hydrogen (secondary N) is 2. The van der Waals surface area contributed by atoms with Crippen LogP contribution in [0.1, 0.15) is 25.3 Å². The van der Waals surface area contributed by atoms with E-state index in [1.165, 1.54) is 19.1 Å². The predicted molar refractivity (Wildman–Crippen MR) is 99.3 cm³/mol. The molecule has 1 aromatic rings. The molecule has 7 N–H and O–H groups in total. The van der Waals surface area contributed by atoms with Crippen molar-refractivity contribution < 1.29 is 34.5 Å².